The molecule has 0 aliphatic heterocycles. The number of hydrogen-bond donors (Lipinski definition) is 1. The van der Waals surface area contributed by atoms with Crippen molar-refractivity contribution in [1.82, 2.24) is 20.3 Å². The quantitative estimate of drug-likeness (QED) is 0.890. The zero-order valence-corrected chi connectivity index (χ0v) is 12.7. The van der Waals surface area contributed by atoms with Crippen LogP contribution in [0.25, 0.3) is 0 Å². The van der Waals surface area contributed by atoms with Crippen molar-refractivity contribution in [1.29, 1.82) is 0 Å². The fraction of sp³-hybridized carbons (Fsp3) is 0.500. The third-order valence-corrected chi connectivity index (χ3v) is 4.37. The molecule has 2 aliphatic rings. The number of nitrogens with one attached hydrogen (secondary N) is 1. The molecule has 2 heterocycles. The van der Waals surface area contributed by atoms with Gasteiger partial charge in [0, 0.05) is 24.6 Å². The van der Waals surface area contributed by atoms with E-state index in [-0.39, 0.29) is 11.5 Å². The third-order valence-electron chi connectivity index (χ3n) is 4.37. The maximum absolute atomic E-state index is 12.0. The van der Waals surface area contributed by atoms with E-state index < -0.39 is 0 Å². The Morgan fingerprint density at radius 2 is 2.22 bits per heavy atom. The molecule has 1 amide bonds. The molecule has 2 aromatic rings. The fourth-order valence-electron chi connectivity index (χ4n) is 2.92. The maximum atomic E-state index is 12.0. The van der Waals surface area contributed by atoms with Crippen LogP contribution in [0.5, 0.6) is 0 Å². The monoisotopic (exact) mass is 314 g/mol. The Morgan fingerprint density at radius 3 is 3.04 bits per heavy atom. The van der Waals surface area contributed by atoms with E-state index in [4.69, 9.17) is 4.52 Å². The van der Waals surface area contributed by atoms with Gasteiger partial charge in [-0.1, -0.05) is 5.16 Å². The lowest BCUT2D eigenvalue weighted by Gasteiger charge is -2.07. The van der Waals surface area contributed by atoms with Crippen molar-refractivity contribution >= 4 is 5.91 Å². The summed E-state index contributed by atoms with van der Waals surface area (Å²) < 4.78 is 6.58. The van der Waals surface area contributed by atoms with Gasteiger partial charge in [-0.2, -0.15) is 5.10 Å². The molecular weight excluding hydrogens is 296 g/mol. The number of amides is 1. The average Bonchev–Trinajstić information content (AvgIpc) is 3.09. The number of aryl methyl sites for hydroxylation is 2. The highest BCUT2D eigenvalue weighted by molar-refractivity contribution is 5.92. The van der Waals surface area contributed by atoms with E-state index in [0.717, 1.165) is 49.1 Å². The van der Waals surface area contributed by atoms with E-state index in [1.807, 2.05) is 0 Å². The van der Waals surface area contributed by atoms with E-state index in [9.17, 15) is 9.59 Å². The summed E-state index contributed by atoms with van der Waals surface area (Å²) in [5.74, 6) is 0.930. The molecule has 7 nitrogen and oxygen atoms in total. The number of hydrogen-bond acceptors (Lipinski definition) is 5. The van der Waals surface area contributed by atoms with Crippen LogP contribution in [0.1, 0.15) is 52.7 Å². The Morgan fingerprint density at radius 1 is 1.35 bits per heavy atom. The minimum absolute atomic E-state index is 0.114. The first-order valence-corrected chi connectivity index (χ1v) is 8.05. The van der Waals surface area contributed by atoms with Gasteiger partial charge in [0.2, 0.25) is 0 Å². The first-order chi connectivity index (χ1) is 11.2. The van der Waals surface area contributed by atoms with Crippen molar-refractivity contribution in [2.45, 2.75) is 44.6 Å². The largest absolute Gasteiger partial charge is 0.360 e. The predicted molar refractivity (Wildman–Crippen MR) is 81.3 cm³/mol. The predicted octanol–water partition coefficient (Wildman–Crippen LogP) is 1.03. The van der Waals surface area contributed by atoms with Gasteiger partial charge in [0.15, 0.2) is 5.69 Å². The summed E-state index contributed by atoms with van der Waals surface area (Å²) in [6.45, 7) is 0.682. The number of nitrogens with zero attached hydrogens (tertiary/aromatic N) is 3. The van der Waals surface area contributed by atoms with Crippen LogP contribution < -0.4 is 10.9 Å². The smallest absolute Gasteiger partial charge is 0.273 e. The fourth-order valence-corrected chi connectivity index (χ4v) is 2.92. The minimum atomic E-state index is -0.283. The zero-order valence-electron chi connectivity index (χ0n) is 12.7. The molecule has 0 radical (unpaired) electrons. The van der Waals surface area contributed by atoms with Crippen molar-refractivity contribution in [3.63, 3.8) is 0 Å². The lowest BCUT2D eigenvalue weighted by atomic mass is 10.2. The van der Waals surface area contributed by atoms with Gasteiger partial charge in [0.05, 0.1) is 12.2 Å². The standard InChI is InChI=1S/C16H18N4O3/c21-15-8-11-2-1-3-12(11)18-20(15)7-6-17-16(22)13-9-14(23-19-13)10-4-5-10/h8-10H,1-7H2,(H,17,22). The molecule has 0 atom stereocenters. The van der Waals surface area contributed by atoms with E-state index in [1.54, 1.807) is 12.1 Å². The molecule has 0 unspecified atom stereocenters. The highest BCUT2D eigenvalue weighted by Crippen LogP contribution is 2.40. The molecule has 120 valence electrons. The van der Waals surface area contributed by atoms with Gasteiger partial charge < -0.3 is 9.84 Å². The van der Waals surface area contributed by atoms with Crippen molar-refractivity contribution in [3.05, 3.63) is 45.2 Å². The van der Waals surface area contributed by atoms with Crippen LogP contribution in [0.2, 0.25) is 0 Å². The highest BCUT2D eigenvalue weighted by Gasteiger charge is 2.28. The lowest BCUT2D eigenvalue weighted by Crippen LogP contribution is -2.32. The van der Waals surface area contributed by atoms with Crippen molar-refractivity contribution in [3.8, 4) is 0 Å². The first-order valence-electron chi connectivity index (χ1n) is 8.05. The summed E-state index contributed by atoms with van der Waals surface area (Å²) >= 11 is 0. The van der Waals surface area contributed by atoms with Gasteiger partial charge >= 0.3 is 0 Å². The molecular formula is C16H18N4O3. The normalized spacial score (nSPS) is 16.3. The van der Waals surface area contributed by atoms with Gasteiger partial charge in [-0.25, -0.2) is 4.68 Å². The molecule has 2 aromatic heterocycles. The van der Waals surface area contributed by atoms with Crippen LogP contribution in [0.15, 0.2) is 21.5 Å². The van der Waals surface area contributed by atoms with E-state index in [1.165, 1.54) is 4.68 Å². The maximum Gasteiger partial charge on any atom is 0.273 e. The Hall–Kier alpha value is -2.44. The minimum Gasteiger partial charge on any atom is -0.360 e. The summed E-state index contributed by atoms with van der Waals surface area (Å²) in [6.07, 6.45) is 5.11. The second-order valence-electron chi connectivity index (χ2n) is 6.18. The van der Waals surface area contributed by atoms with Crippen LogP contribution in [0.3, 0.4) is 0 Å². The van der Waals surface area contributed by atoms with Crippen LogP contribution in [-0.2, 0) is 19.4 Å². The molecule has 1 fully saturated rings. The van der Waals surface area contributed by atoms with Crippen LogP contribution in [0, 0.1) is 0 Å². The van der Waals surface area contributed by atoms with Crippen molar-refractivity contribution in [2.75, 3.05) is 6.54 Å². The van der Waals surface area contributed by atoms with Gasteiger partial charge in [-0.3, -0.25) is 9.59 Å². The summed E-state index contributed by atoms with van der Waals surface area (Å²) in [5.41, 5.74) is 2.24. The zero-order chi connectivity index (χ0) is 15.8. The molecule has 0 saturated heterocycles. The van der Waals surface area contributed by atoms with Gasteiger partial charge in [-0.15, -0.1) is 0 Å². The summed E-state index contributed by atoms with van der Waals surface area (Å²) in [7, 11) is 0. The number of carbonyl (C=O) groups excluding carboxylic acids is 1. The first kappa shape index (κ1) is 14.2. The molecule has 7 heteroatoms. The Balaban J connectivity index is 1.36. The molecule has 0 spiro atoms. The number of rotatable bonds is 5. The van der Waals surface area contributed by atoms with Crippen molar-refractivity contribution < 1.29 is 9.32 Å². The second kappa shape index (κ2) is 5.64. The molecule has 0 bridgehead atoms. The molecule has 4 rings (SSSR count). The number of aromatic nitrogens is 3. The van der Waals surface area contributed by atoms with Gasteiger partial charge in [0.25, 0.3) is 11.5 Å². The Bertz CT molecular complexity index is 804. The topological polar surface area (TPSA) is 90.0 Å². The van der Waals surface area contributed by atoms with Gasteiger partial charge in [-0.05, 0) is 37.7 Å². The number of carbonyl (C=O) groups is 1. The van der Waals surface area contributed by atoms with Gasteiger partial charge in [0.1, 0.15) is 5.76 Å². The van der Waals surface area contributed by atoms with E-state index in [2.05, 4.69) is 15.6 Å². The molecule has 2 aliphatic carbocycles. The molecule has 23 heavy (non-hydrogen) atoms. The summed E-state index contributed by atoms with van der Waals surface area (Å²) in [4.78, 5) is 24.0. The molecule has 0 aromatic carbocycles. The summed E-state index contributed by atoms with van der Waals surface area (Å²) in [6, 6.07) is 3.36. The van der Waals surface area contributed by atoms with E-state index in [0.29, 0.717) is 24.7 Å². The third kappa shape index (κ3) is 2.91. The average molecular weight is 314 g/mol. The Kier molecular flexibility index (Phi) is 3.48. The SMILES string of the molecule is O=C(NCCn1nc2c(cc1=O)CCC2)c1cc(C2CC2)on1. The molecule has 1 saturated carbocycles. The van der Waals surface area contributed by atoms with Crippen LogP contribution in [-0.4, -0.2) is 27.4 Å². The Labute approximate surface area is 132 Å². The highest BCUT2D eigenvalue weighted by atomic mass is 16.5. The lowest BCUT2D eigenvalue weighted by molar-refractivity contribution is 0.0942. The van der Waals surface area contributed by atoms with Crippen LogP contribution in [0.4, 0.5) is 0 Å². The van der Waals surface area contributed by atoms with Crippen molar-refractivity contribution in [2.24, 2.45) is 0 Å². The second-order valence-corrected chi connectivity index (χ2v) is 6.18. The van der Waals surface area contributed by atoms with E-state index >= 15 is 0 Å². The number of fused-ring (bicyclic) bond motifs is 1. The van der Waals surface area contributed by atoms with Crippen LogP contribution >= 0.6 is 0 Å². The summed E-state index contributed by atoms with van der Waals surface area (Å²) in [5, 5.41) is 10.9. The molecule has 1 N–H and O–H groups in total.